The largest absolute Gasteiger partial charge is 0.487 e. The van der Waals surface area contributed by atoms with E-state index in [1.807, 2.05) is 45.9 Å². The number of nitrogens with one attached hydrogen (secondary N) is 1. The maximum atomic E-state index is 12.1. The molecule has 4 aromatic rings. The molecule has 0 saturated carbocycles. The third-order valence-electron chi connectivity index (χ3n) is 8.34. The lowest BCUT2D eigenvalue weighted by molar-refractivity contribution is -0.136. The number of carbonyl (C=O) groups is 1. The minimum Gasteiger partial charge on any atom is -0.487 e. The Hall–Kier alpha value is -3.20. The molecule has 6 rings (SSSR count). The van der Waals surface area contributed by atoms with Crippen LogP contribution in [0, 0.1) is 13.8 Å². The quantitative estimate of drug-likeness (QED) is 0.225. The first-order valence-electron chi connectivity index (χ1n) is 14.9. The Balaban J connectivity index is 1.44. The van der Waals surface area contributed by atoms with Gasteiger partial charge in [0.25, 0.3) is 0 Å². The van der Waals surface area contributed by atoms with Gasteiger partial charge >= 0.3 is 5.97 Å². The lowest BCUT2D eigenvalue weighted by Gasteiger charge is -2.31. The highest BCUT2D eigenvalue weighted by molar-refractivity contribution is 8.00. The summed E-state index contributed by atoms with van der Waals surface area (Å²) in [5.41, 5.74) is 7.33. The van der Waals surface area contributed by atoms with Crippen molar-refractivity contribution in [2.24, 2.45) is 0 Å². The topological polar surface area (TPSA) is 79.6 Å². The molecule has 0 aliphatic carbocycles. The molecule has 0 spiro atoms. The molecule has 7 nitrogen and oxygen atoms in total. The molecule has 1 saturated heterocycles. The Morgan fingerprint density at radius 3 is 2.58 bits per heavy atom. The standard InChI is InChI=1S/C34H39ClN4O3S/c1-19-15-27-32(31(25(19)18-30(40)41)24-9-8-22(35)17-29(24)42-34(3,4)5)43-33(37-27)21-7-10-26-28(16-21)39(20(2)36-26)23-11-13-38(6)14-12-23/h7-10,15-17,23,33,37H,11-14,18H2,1-6H3,(H,40,41). The molecule has 1 fully saturated rings. The van der Waals surface area contributed by atoms with Crippen LogP contribution in [0.1, 0.15) is 67.5 Å². The number of anilines is 1. The molecule has 2 aliphatic heterocycles. The number of aliphatic carboxylic acids is 1. The number of piperidine rings is 1. The van der Waals surface area contributed by atoms with Crippen molar-refractivity contribution in [3.05, 3.63) is 70.0 Å². The van der Waals surface area contributed by atoms with E-state index < -0.39 is 11.6 Å². The van der Waals surface area contributed by atoms with Crippen molar-refractivity contribution in [3.63, 3.8) is 0 Å². The normalized spacial score (nSPS) is 17.7. The molecule has 0 amide bonds. The maximum Gasteiger partial charge on any atom is 0.307 e. The third kappa shape index (κ3) is 5.97. The molecule has 9 heteroatoms. The molecule has 1 aromatic heterocycles. The van der Waals surface area contributed by atoms with E-state index >= 15 is 0 Å². The molecule has 0 radical (unpaired) electrons. The number of imidazole rings is 1. The third-order valence-corrected chi connectivity index (χ3v) is 9.86. The van der Waals surface area contributed by atoms with E-state index in [0.29, 0.717) is 16.8 Å². The maximum absolute atomic E-state index is 12.1. The molecule has 1 atom stereocenters. The summed E-state index contributed by atoms with van der Waals surface area (Å²) in [7, 11) is 2.19. The number of halogens is 1. The number of rotatable bonds is 6. The minimum absolute atomic E-state index is 0.0435. The SMILES string of the molecule is Cc1cc2c(c(-c3ccc(Cl)cc3OC(C)(C)C)c1CC(=O)O)SC(c1ccc3nc(C)n(C4CCN(C)CC4)c3c1)N2. The van der Waals surface area contributed by atoms with Crippen molar-refractivity contribution in [1.29, 1.82) is 0 Å². The molecule has 3 heterocycles. The van der Waals surface area contributed by atoms with Crippen molar-refractivity contribution >= 4 is 46.1 Å². The Bertz CT molecular complexity index is 1720. The second-order valence-corrected chi connectivity index (χ2v) is 14.4. The van der Waals surface area contributed by atoms with Crippen LogP contribution < -0.4 is 10.1 Å². The van der Waals surface area contributed by atoms with Crippen LogP contribution in [0.4, 0.5) is 5.69 Å². The number of benzene rings is 3. The van der Waals surface area contributed by atoms with Crippen LogP contribution in [0.3, 0.4) is 0 Å². The summed E-state index contributed by atoms with van der Waals surface area (Å²) in [5, 5.41) is 14.2. The predicted molar refractivity (Wildman–Crippen MR) is 176 cm³/mol. The average molecular weight is 619 g/mol. The summed E-state index contributed by atoms with van der Waals surface area (Å²) in [4.78, 5) is 20.4. The number of likely N-dealkylation sites (tertiary alicyclic amines) is 1. The number of fused-ring (bicyclic) bond motifs is 2. The fraction of sp³-hybridized carbons (Fsp3) is 0.412. The fourth-order valence-corrected chi connectivity index (χ4v) is 7.86. The Kier molecular flexibility index (Phi) is 7.90. The lowest BCUT2D eigenvalue weighted by atomic mass is 9.92. The van der Waals surface area contributed by atoms with Gasteiger partial charge in [0.15, 0.2) is 0 Å². The Morgan fingerprint density at radius 2 is 1.88 bits per heavy atom. The predicted octanol–water partition coefficient (Wildman–Crippen LogP) is 8.26. The number of aromatic nitrogens is 2. The number of hydrogen-bond acceptors (Lipinski definition) is 6. The van der Waals surface area contributed by atoms with Gasteiger partial charge in [-0.3, -0.25) is 4.79 Å². The second kappa shape index (κ2) is 11.4. The van der Waals surface area contributed by atoms with Gasteiger partial charge in [-0.25, -0.2) is 4.98 Å². The summed E-state index contributed by atoms with van der Waals surface area (Å²) >= 11 is 8.15. The highest BCUT2D eigenvalue weighted by Gasteiger charge is 2.32. The number of carboxylic acids is 1. The van der Waals surface area contributed by atoms with E-state index in [0.717, 1.165) is 75.7 Å². The fourth-order valence-electron chi connectivity index (χ4n) is 6.40. The van der Waals surface area contributed by atoms with Crippen molar-refractivity contribution in [3.8, 4) is 16.9 Å². The number of aryl methyl sites for hydroxylation is 2. The van der Waals surface area contributed by atoms with Gasteiger partial charge in [-0.1, -0.05) is 29.4 Å². The van der Waals surface area contributed by atoms with Crippen molar-refractivity contribution in [2.75, 3.05) is 25.5 Å². The van der Waals surface area contributed by atoms with Gasteiger partial charge in [0.1, 0.15) is 22.5 Å². The molecular formula is C34H39ClN4O3S. The van der Waals surface area contributed by atoms with E-state index in [-0.39, 0.29) is 11.8 Å². The highest BCUT2D eigenvalue weighted by Crippen LogP contribution is 2.54. The Morgan fingerprint density at radius 1 is 1.14 bits per heavy atom. The zero-order chi connectivity index (χ0) is 30.6. The zero-order valence-electron chi connectivity index (χ0n) is 25.6. The van der Waals surface area contributed by atoms with Crippen LogP contribution in [-0.4, -0.2) is 51.3 Å². The second-order valence-electron chi connectivity index (χ2n) is 12.8. The van der Waals surface area contributed by atoms with E-state index in [1.54, 1.807) is 11.8 Å². The van der Waals surface area contributed by atoms with Crippen LogP contribution >= 0.6 is 23.4 Å². The van der Waals surface area contributed by atoms with Gasteiger partial charge in [-0.05, 0) is 121 Å². The van der Waals surface area contributed by atoms with Gasteiger partial charge < -0.3 is 24.6 Å². The molecule has 3 aromatic carbocycles. The number of hydrogen-bond donors (Lipinski definition) is 2. The summed E-state index contributed by atoms with van der Waals surface area (Å²) < 4.78 is 8.83. The summed E-state index contributed by atoms with van der Waals surface area (Å²) in [6.07, 6.45) is 2.14. The van der Waals surface area contributed by atoms with Crippen LogP contribution in [0.15, 0.2) is 47.4 Å². The molecule has 226 valence electrons. The number of carboxylic acid groups (broad SMARTS) is 1. The summed E-state index contributed by atoms with van der Waals surface area (Å²) in [6, 6.07) is 14.7. The molecule has 43 heavy (non-hydrogen) atoms. The molecular weight excluding hydrogens is 580 g/mol. The monoisotopic (exact) mass is 618 g/mol. The van der Waals surface area contributed by atoms with Gasteiger partial charge in [0, 0.05) is 32.8 Å². The summed E-state index contributed by atoms with van der Waals surface area (Å²) in [5.74, 6) is 0.830. The van der Waals surface area contributed by atoms with Crippen molar-refractivity contribution in [1.82, 2.24) is 14.5 Å². The van der Waals surface area contributed by atoms with Gasteiger partial charge in [0.05, 0.1) is 17.5 Å². The number of thioether (sulfide) groups is 1. The van der Waals surface area contributed by atoms with E-state index in [4.69, 9.17) is 21.3 Å². The molecule has 2 N–H and O–H groups in total. The van der Waals surface area contributed by atoms with Crippen LogP contribution in [0.25, 0.3) is 22.2 Å². The van der Waals surface area contributed by atoms with Gasteiger partial charge in [0.2, 0.25) is 0 Å². The zero-order valence-corrected chi connectivity index (χ0v) is 27.2. The first-order valence-corrected chi connectivity index (χ1v) is 16.1. The summed E-state index contributed by atoms with van der Waals surface area (Å²) in [6.45, 7) is 12.3. The van der Waals surface area contributed by atoms with Crippen molar-refractivity contribution in [2.45, 2.75) is 75.8 Å². The lowest BCUT2D eigenvalue weighted by Crippen LogP contribution is -2.31. The average Bonchev–Trinajstić information content (AvgIpc) is 3.48. The van der Waals surface area contributed by atoms with Crippen LogP contribution in [0.5, 0.6) is 5.75 Å². The number of nitrogens with zero attached hydrogens (tertiary/aromatic N) is 3. The molecule has 0 bridgehead atoms. The van der Waals surface area contributed by atoms with Crippen LogP contribution in [0.2, 0.25) is 5.02 Å². The van der Waals surface area contributed by atoms with E-state index in [9.17, 15) is 9.90 Å². The highest BCUT2D eigenvalue weighted by atomic mass is 35.5. The molecule has 1 unspecified atom stereocenters. The van der Waals surface area contributed by atoms with Gasteiger partial charge in [-0.2, -0.15) is 0 Å². The smallest absolute Gasteiger partial charge is 0.307 e. The molecule has 2 aliphatic rings. The minimum atomic E-state index is -0.868. The van der Waals surface area contributed by atoms with Crippen LogP contribution in [-0.2, 0) is 11.2 Å². The first-order chi connectivity index (χ1) is 20.4. The van der Waals surface area contributed by atoms with E-state index in [1.165, 1.54) is 5.52 Å². The number of ether oxygens (including phenoxy) is 1. The van der Waals surface area contributed by atoms with E-state index in [2.05, 4.69) is 53.0 Å². The first kappa shape index (κ1) is 29.9. The Labute approximate surface area is 262 Å². The van der Waals surface area contributed by atoms with Gasteiger partial charge in [-0.15, -0.1) is 0 Å². The van der Waals surface area contributed by atoms with Crippen molar-refractivity contribution < 1.29 is 14.6 Å².